The van der Waals surface area contributed by atoms with Crippen molar-refractivity contribution in [1.29, 1.82) is 0 Å². The van der Waals surface area contributed by atoms with Crippen molar-refractivity contribution in [3.05, 3.63) is 48.5 Å². The van der Waals surface area contributed by atoms with Crippen LogP contribution < -0.4 is 5.73 Å². The second kappa shape index (κ2) is 4.50. The van der Waals surface area contributed by atoms with Crippen molar-refractivity contribution in [3.8, 4) is 0 Å². The molecule has 0 unspecified atom stereocenters. The summed E-state index contributed by atoms with van der Waals surface area (Å²) >= 11 is 0. The van der Waals surface area contributed by atoms with Crippen molar-refractivity contribution in [2.75, 3.05) is 5.73 Å². The lowest BCUT2D eigenvalue weighted by molar-refractivity contribution is 0.594. The van der Waals surface area contributed by atoms with Crippen molar-refractivity contribution < 1.29 is 8.42 Å². The number of aromatic nitrogens is 2. The van der Waals surface area contributed by atoms with Crippen LogP contribution in [0.15, 0.2) is 47.8 Å². The highest BCUT2D eigenvalue weighted by Gasteiger charge is 2.15. The number of benzene rings is 1. The summed E-state index contributed by atoms with van der Waals surface area (Å²) in [6.07, 6.45) is 4.40. The van der Waals surface area contributed by atoms with Crippen LogP contribution in [0.2, 0.25) is 0 Å². The zero-order valence-corrected chi connectivity index (χ0v) is 9.76. The molecule has 0 radical (unpaired) electrons. The summed E-state index contributed by atoms with van der Waals surface area (Å²) in [6, 6.07) is 6.09. The molecule has 2 rings (SSSR count). The zero-order valence-electron chi connectivity index (χ0n) is 8.95. The maximum absolute atomic E-state index is 12.0. The fraction of sp³-hybridized carbons (Fsp3) is 0.0909. The van der Waals surface area contributed by atoms with Gasteiger partial charge in [0.2, 0.25) is 0 Å². The van der Waals surface area contributed by atoms with Crippen LogP contribution in [0, 0.1) is 0 Å². The highest BCUT2D eigenvalue weighted by molar-refractivity contribution is 7.90. The second-order valence-electron chi connectivity index (χ2n) is 3.52. The van der Waals surface area contributed by atoms with E-state index < -0.39 is 9.84 Å². The van der Waals surface area contributed by atoms with Gasteiger partial charge >= 0.3 is 0 Å². The van der Waals surface area contributed by atoms with Gasteiger partial charge in [0.1, 0.15) is 0 Å². The first-order valence-electron chi connectivity index (χ1n) is 4.91. The van der Waals surface area contributed by atoms with E-state index in [0.29, 0.717) is 11.4 Å². The molecule has 0 aliphatic heterocycles. The van der Waals surface area contributed by atoms with Crippen molar-refractivity contribution in [2.45, 2.75) is 10.6 Å². The Morgan fingerprint density at radius 1 is 1.12 bits per heavy atom. The number of anilines is 1. The summed E-state index contributed by atoms with van der Waals surface area (Å²) in [5.41, 5.74) is 6.46. The molecule has 5 nitrogen and oxygen atoms in total. The van der Waals surface area contributed by atoms with Gasteiger partial charge in [0, 0.05) is 24.3 Å². The molecule has 0 amide bonds. The molecule has 0 fully saturated rings. The monoisotopic (exact) mass is 249 g/mol. The van der Waals surface area contributed by atoms with E-state index in [-0.39, 0.29) is 10.6 Å². The van der Waals surface area contributed by atoms with Gasteiger partial charge in [0.05, 0.1) is 16.3 Å². The Hall–Kier alpha value is -1.95. The van der Waals surface area contributed by atoms with Crippen molar-refractivity contribution in [3.63, 3.8) is 0 Å². The lowest BCUT2D eigenvalue weighted by Crippen LogP contribution is -2.06. The molecule has 2 aromatic rings. The van der Waals surface area contributed by atoms with Crippen LogP contribution >= 0.6 is 0 Å². The molecule has 0 atom stereocenters. The van der Waals surface area contributed by atoms with Crippen molar-refractivity contribution in [1.82, 2.24) is 9.97 Å². The number of nitrogens with two attached hydrogens (primary N) is 1. The summed E-state index contributed by atoms with van der Waals surface area (Å²) in [4.78, 5) is 8.00. The van der Waals surface area contributed by atoms with Gasteiger partial charge < -0.3 is 5.73 Å². The number of hydrogen-bond donors (Lipinski definition) is 1. The predicted molar refractivity (Wildman–Crippen MR) is 63.8 cm³/mol. The van der Waals surface area contributed by atoms with Gasteiger partial charge in [0.25, 0.3) is 0 Å². The van der Waals surface area contributed by atoms with Crippen LogP contribution in [-0.4, -0.2) is 18.4 Å². The average Bonchev–Trinajstić information content (AvgIpc) is 2.30. The van der Waals surface area contributed by atoms with E-state index in [1.165, 1.54) is 30.7 Å². The Kier molecular flexibility index (Phi) is 3.06. The fourth-order valence-corrected chi connectivity index (χ4v) is 2.61. The lowest BCUT2D eigenvalue weighted by atomic mass is 10.3. The molecule has 1 aromatic heterocycles. The molecular weight excluding hydrogens is 238 g/mol. The quantitative estimate of drug-likeness (QED) is 0.821. The number of rotatable bonds is 3. The van der Waals surface area contributed by atoms with Gasteiger partial charge in [-0.15, -0.1) is 0 Å². The maximum Gasteiger partial charge on any atom is 0.184 e. The maximum atomic E-state index is 12.0. The van der Waals surface area contributed by atoms with Gasteiger partial charge in [-0.2, -0.15) is 0 Å². The molecule has 17 heavy (non-hydrogen) atoms. The number of hydrogen-bond acceptors (Lipinski definition) is 5. The molecule has 88 valence electrons. The van der Waals surface area contributed by atoms with Crippen molar-refractivity contribution >= 4 is 15.5 Å². The minimum Gasteiger partial charge on any atom is -0.399 e. The summed E-state index contributed by atoms with van der Waals surface area (Å²) in [5, 5.41) is 0. The highest BCUT2D eigenvalue weighted by atomic mass is 32.2. The van der Waals surface area contributed by atoms with Gasteiger partial charge in [-0.05, 0) is 24.3 Å². The standard InChI is InChI=1S/C11H11N3O2S/c12-9-1-3-11(4-2-9)17(15,16)8-10-7-13-5-6-14-10/h1-7H,8,12H2. The van der Waals surface area contributed by atoms with Crippen LogP contribution in [0.5, 0.6) is 0 Å². The summed E-state index contributed by atoms with van der Waals surface area (Å²) < 4.78 is 24.0. The SMILES string of the molecule is Nc1ccc(S(=O)(=O)Cc2cnccn2)cc1. The Morgan fingerprint density at radius 3 is 2.41 bits per heavy atom. The summed E-state index contributed by atoms with van der Waals surface area (Å²) in [5.74, 6) is -0.162. The topological polar surface area (TPSA) is 85.9 Å². The van der Waals surface area contributed by atoms with Crippen LogP contribution in [0.4, 0.5) is 5.69 Å². The van der Waals surface area contributed by atoms with Gasteiger partial charge in [-0.1, -0.05) is 0 Å². The smallest absolute Gasteiger partial charge is 0.184 e. The van der Waals surface area contributed by atoms with Crippen LogP contribution in [0.1, 0.15) is 5.69 Å². The first-order valence-corrected chi connectivity index (χ1v) is 6.56. The van der Waals surface area contributed by atoms with E-state index in [2.05, 4.69) is 9.97 Å². The van der Waals surface area contributed by atoms with E-state index in [1.807, 2.05) is 0 Å². The molecule has 1 heterocycles. The Labute approximate surface area is 99.3 Å². The lowest BCUT2D eigenvalue weighted by Gasteiger charge is -2.03. The zero-order chi connectivity index (χ0) is 12.3. The molecule has 0 spiro atoms. The Bertz CT molecular complexity index is 594. The molecule has 2 N–H and O–H groups in total. The molecule has 0 saturated heterocycles. The first kappa shape index (κ1) is 11.5. The third-order valence-electron chi connectivity index (χ3n) is 2.19. The van der Waals surface area contributed by atoms with E-state index >= 15 is 0 Å². The molecular formula is C11H11N3O2S. The van der Waals surface area contributed by atoms with E-state index in [0.717, 1.165) is 0 Å². The number of nitrogens with zero attached hydrogens (tertiary/aromatic N) is 2. The van der Waals surface area contributed by atoms with E-state index in [4.69, 9.17) is 5.73 Å². The molecule has 0 aliphatic carbocycles. The molecule has 0 saturated carbocycles. The summed E-state index contributed by atoms with van der Waals surface area (Å²) in [6.45, 7) is 0. The van der Waals surface area contributed by atoms with E-state index in [1.54, 1.807) is 12.1 Å². The van der Waals surface area contributed by atoms with Gasteiger partial charge in [-0.25, -0.2) is 8.42 Å². The molecule has 0 aliphatic rings. The Balaban J connectivity index is 2.29. The summed E-state index contributed by atoms with van der Waals surface area (Å²) in [7, 11) is -3.39. The van der Waals surface area contributed by atoms with Crippen LogP contribution in [0.3, 0.4) is 0 Å². The largest absolute Gasteiger partial charge is 0.399 e. The number of sulfone groups is 1. The minimum atomic E-state index is -3.39. The minimum absolute atomic E-state index is 0.162. The van der Waals surface area contributed by atoms with Crippen molar-refractivity contribution in [2.24, 2.45) is 0 Å². The van der Waals surface area contributed by atoms with Crippen LogP contribution in [0.25, 0.3) is 0 Å². The highest BCUT2D eigenvalue weighted by Crippen LogP contribution is 2.16. The van der Waals surface area contributed by atoms with Crippen LogP contribution in [-0.2, 0) is 15.6 Å². The third kappa shape index (κ3) is 2.79. The molecule has 6 heteroatoms. The second-order valence-corrected chi connectivity index (χ2v) is 5.51. The third-order valence-corrected chi connectivity index (χ3v) is 3.86. The average molecular weight is 249 g/mol. The number of nitrogen functional groups attached to an aromatic ring is 1. The van der Waals surface area contributed by atoms with E-state index in [9.17, 15) is 8.42 Å². The molecule has 0 bridgehead atoms. The first-order chi connectivity index (χ1) is 8.08. The van der Waals surface area contributed by atoms with Gasteiger partial charge in [0.15, 0.2) is 9.84 Å². The normalized spacial score (nSPS) is 11.3. The molecule has 1 aromatic carbocycles. The van der Waals surface area contributed by atoms with Gasteiger partial charge in [-0.3, -0.25) is 9.97 Å². The fourth-order valence-electron chi connectivity index (χ4n) is 1.36. The predicted octanol–water partition coefficient (Wildman–Crippen LogP) is 1.03. The Morgan fingerprint density at radius 2 is 1.82 bits per heavy atom.